The molecular weight excluding hydrogens is 165 g/mol. The molecule has 1 N–H and O–H groups in total. The molecule has 0 aliphatic carbocycles. The van der Waals surface area contributed by atoms with Gasteiger partial charge < -0.3 is 4.89 Å². The minimum absolute atomic E-state index is 0.500. The zero-order chi connectivity index (χ0) is 8.69. The molecule has 0 aliphatic heterocycles. The fourth-order valence-electron chi connectivity index (χ4n) is 0.704. The van der Waals surface area contributed by atoms with E-state index in [0.717, 1.165) is 12.8 Å². The predicted octanol–water partition coefficient (Wildman–Crippen LogP) is 1.31. The highest BCUT2D eigenvalue weighted by Crippen LogP contribution is 2.27. The predicted molar refractivity (Wildman–Crippen MR) is 42.7 cm³/mol. The van der Waals surface area contributed by atoms with Crippen molar-refractivity contribution in [2.45, 2.75) is 32.0 Å². The Kier molecular flexibility index (Phi) is 6.05. The Bertz CT molecular complexity index is 175. The maximum absolute atomic E-state index is 10.5. The number of nitrogens with zero attached hydrogens (tertiary/aromatic N) is 1. The van der Waals surface area contributed by atoms with Gasteiger partial charge in [-0.05, 0) is 6.42 Å². The summed E-state index contributed by atoms with van der Waals surface area (Å²) < 4.78 is 10.5. The Morgan fingerprint density at radius 3 is 2.73 bits per heavy atom. The quantitative estimate of drug-likeness (QED) is 0.391. The van der Waals surface area contributed by atoms with Crippen LogP contribution >= 0.6 is 8.03 Å². The van der Waals surface area contributed by atoms with Crippen molar-refractivity contribution in [1.82, 2.24) is 0 Å². The smallest absolute Gasteiger partial charge is 0.235 e. The number of rotatable bonds is 5. The molecule has 0 bridgehead atoms. The van der Waals surface area contributed by atoms with Crippen LogP contribution in [0.4, 0.5) is 0 Å². The van der Waals surface area contributed by atoms with E-state index in [1.807, 2.05) is 6.92 Å². The first-order valence-corrected chi connectivity index (χ1v) is 4.95. The molecule has 0 saturated carbocycles. The summed E-state index contributed by atoms with van der Waals surface area (Å²) in [5.41, 5.74) is 0. The Balaban J connectivity index is 3.89. The SMILES string of the molecule is CCCCC(N=C=O)[PH](=O)O. The lowest BCUT2D eigenvalue weighted by molar-refractivity contribution is 0.480. The Morgan fingerprint density at radius 1 is 1.73 bits per heavy atom. The highest BCUT2D eigenvalue weighted by atomic mass is 31.1. The third-order valence-electron chi connectivity index (χ3n) is 1.32. The summed E-state index contributed by atoms with van der Waals surface area (Å²) in [6.45, 7) is 1.97. The second kappa shape index (κ2) is 6.29. The molecule has 11 heavy (non-hydrogen) atoms. The molecular formula is C6H12NO3P. The zero-order valence-corrected chi connectivity index (χ0v) is 7.41. The number of hydrogen-bond acceptors (Lipinski definition) is 3. The van der Waals surface area contributed by atoms with Crippen LogP contribution in [0.3, 0.4) is 0 Å². The normalized spacial score (nSPS) is 15.1. The molecule has 0 saturated heterocycles. The van der Waals surface area contributed by atoms with Crippen LogP contribution in [0.2, 0.25) is 0 Å². The van der Waals surface area contributed by atoms with Gasteiger partial charge in [-0.2, -0.15) is 4.99 Å². The van der Waals surface area contributed by atoms with Crippen molar-refractivity contribution in [3.05, 3.63) is 0 Å². The summed E-state index contributed by atoms with van der Waals surface area (Å²) in [4.78, 5) is 21.6. The van der Waals surface area contributed by atoms with Gasteiger partial charge in [0.2, 0.25) is 14.1 Å². The van der Waals surface area contributed by atoms with E-state index < -0.39 is 13.8 Å². The average molecular weight is 177 g/mol. The van der Waals surface area contributed by atoms with E-state index in [1.54, 1.807) is 0 Å². The summed E-state index contributed by atoms with van der Waals surface area (Å²) >= 11 is 0. The van der Waals surface area contributed by atoms with E-state index in [4.69, 9.17) is 4.89 Å². The Hall–Kier alpha value is -0.430. The molecule has 0 radical (unpaired) electrons. The lowest BCUT2D eigenvalue weighted by atomic mass is 10.2. The molecule has 0 aromatic heterocycles. The lowest BCUT2D eigenvalue weighted by Crippen LogP contribution is -1.96. The first-order valence-electron chi connectivity index (χ1n) is 3.52. The fraction of sp³-hybridized carbons (Fsp3) is 0.833. The van der Waals surface area contributed by atoms with Gasteiger partial charge in [0.05, 0.1) is 0 Å². The molecule has 4 nitrogen and oxygen atoms in total. The summed E-state index contributed by atoms with van der Waals surface area (Å²) in [6, 6.07) is 0. The van der Waals surface area contributed by atoms with E-state index in [1.165, 1.54) is 6.08 Å². The largest absolute Gasteiger partial charge is 0.345 e. The molecule has 0 heterocycles. The first kappa shape index (κ1) is 10.6. The summed E-state index contributed by atoms with van der Waals surface area (Å²) in [5, 5.41) is 0. The second-order valence-corrected chi connectivity index (χ2v) is 3.56. The van der Waals surface area contributed by atoms with Gasteiger partial charge >= 0.3 is 0 Å². The molecule has 64 valence electrons. The maximum Gasteiger partial charge on any atom is 0.235 e. The molecule has 0 spiro atoms. The highest BCUT2D eigenvalue weighted by Gasteiger charge is 2.11. The Morgan fingerprint density at radius 2 is 2.36 bits per heavy atom. The van der Waals surface area contributed by atoms with Gasteiger partial charge in [-0.15, -0.1) is 0 Å². The van der Waals surface area contributed by atoms with Gasteiger partial charge in [-0.25, -0.2) is 4.79 Å². The molecule has 0 rings (SSSR count). The van der Waals surface area contributed by atoms with Crippen LogP contribution < -0.4 is 0 Å². The van der Waals surface area contributed by atoms with Gasteiger partial charge in [-0.3, -0.25) is 4.57 Å². The van der Waals surface area contributed by atoms with Crippen molar-refractivity contribution < 1.29 is 14.3 Å². The van der Waals surface area contributed by atoms with Crippen LogP contribution in [0.15, 0.2) is 4.99 Å². The van der Waals surface area contributed by atoms with Crippen LogP contribution in [0.1, 0.15) is 26.2 Å². The number of carbonyl (C=O) groups excluding carboxylic acids is 1. The molecule has 0 aromatic rings. The molecule has 0 aromatic carbocycles. The van der Waals surface area contributed by atoms with Crippen LogP contribution in [-0.2, 0) is 9.36 Å². The number of hydrogen-bond donors (Lipinski definition) is 1. The molecule has 2 atom stereocenters. The average Bonchev–Trinajstić information content (AvgIpc) is 1.97. The topological polar surface area (TPSA) is 66.7 Å². The van der Waals surface area contributed by atoms with Crippen LogP contribution in [0, 0.1) is 0 Å². The molecule has 0 amide bonds. The van der Waals surface area contributed by atoms with Crippen molar-refractivity contribution >= 4 is 14.1 Å². The Labute approximate surface area is 66.2 Å². The van der Waals surface area contributed by atoms with E-state index in [2.05, 4.69) is 4.99 Å². The molecule has 5 heteroatoms. The monoisotopic (exact) mass is 177 g/mol. The third-order valence-corrected chi connectivity index (χ3v) is 2.31. The third kappa shape index (κ3) is 4.91. The van der Waals surface area contributed by atoms with Crippen molar-refractivity contribution in [2.75, 3.05) is 0 Å². The van der Waals surface area contributed by atoms with E-state index in [-0.39, 0.29) is 0 Å². The standard InChI is InChI=1S/C6H12NO3P/c1-2-3-4-6(7-5-8)11(9)10/h6,11H,2-4H2,1H3,(H,9,10). The van der Waals surface area contributed by atoms with Gasteiger partial charge in [0.15, 0.2) is 0 Å². The lowest BCUT2D eigenvalue weighted by Gasteiger charge is -2.03. The number of isocyanates is 1. The van der Waals surface area contributed by atoms with Crippen LogP contribution in [0.25, 0.3) is 0 Å². The van der Waals surface area contributed by atoms with Crippen molar-refractivity contribution in [3.8, 4) is 0 Å². The summed E-state index contributed by atoms with van der Waals surface area (Å²) in [5.74, 6) is -0.711. The molecule has 0 fully saturated rings. The van der Waals surface area contributed by atoms with Gasteiger partial charge in [0.25, 0.3) is 0 Å². The van der Waals surface area contributed by atoms with Crippen molar-refractivity contribution in [3.63, 3.8) is 0 Å². The molecule has 0 aliphatic rings. The number of unbranched alkanes of at least 4 members (excludes halogenated alkanes) is 1. The second-order valence-electron chi connectivity index (χ2n) is 2.22. The van der Waals surface area contributed by atoms with Crippen LogP contribution in [-0.4, -0.2) is 16.8 Å². The highest BCUT2D eigenvalue weighted by molar-refractivity contribution is 7.38. The maximum atomic E-state index is 10.5. The van der Waals surface area contributed by atoms with Crippen molar-refractivity contribution in [2.24, 2.45) is 4.99 Å². The first-order chi connectivity index (χ1) is 5.22. The zero-order valence-electron chi connectivity index (χ0n) is 6.41. The van der Waals surface area contributed by atoms with Crippen LogP contribution in [0.5, 0.6) is 0 Å². The van der Waals surface area contributed by atoms with E-state index >= 15 is 0 Å². The molecule has 2 unspecified atom stereocenters. The summed E-state index contributed by atoms with van der Waals surface area (Å²) in [6.07, 6.45) is 3.54. The van der Waals surface area contributed by atoms with Gasteiger partial charge in [0.1, 0.15) is 5.78 Å². The van der Waals surface area contributed by atoms with E-state index in [0.29, 0.717) is 6.42 Å². The van der Waals surface area contributed by atoms with E-state index in [9.17, 15) is 9.36 Å². The fourth-order valence-corrected chi connectivity index (χ4v) is 1.32. The van der Waals surface area contributed by atoms with Crippen molar-refractivity contribution in [1.29, 1.82) is 0 Å². The van der Waals surface area contributed by atoms with Gasteiger partial charge in [0, 0.05) is 0 Å². The minimum atomic E-state index is -2.69. The number of aliphatic imine (C=N–C) groups is 1. The summed E-state index contributed by atoms with van der Waals surface area (Å²) in [7, 11) is -2.69. The minimum Gasteiger partial charge on any atom is -0.345 e. The van der Waals surface area contributed by atoms with Gasteiger partial charge in [-0.1, -0.05) is 19.8 Å².